The number of primary amides is 1. The average molecular weight is 1730 g/mol. The van der Waals surface area contributed by atoms with Gasteiger partial charge in [-0.05, 0) is 112 Å². The normalized spacial score (nSPS) is 15.4. The lowest BCUT2D eigenvalue weighted by atomic mass is 9.90. The first-order chi connectivity index (χ1) is 59.2. The molecule has 672 valence electrons. The van der Waals surface area contributed by atoms with Crippen molar-refractivity contribution in [2.45, 2.75) is 253 Å². The molecule has 1 saturated heterocycles. The first-order valence-electron chi connectivity index (χ1n) is 41.8. The number of amides is 11. The molecule has 1 unspecified atom stereocenters. The van der Waals surface area contributed by atoms with Crippen LogP contribution in [0.1, 0.15) is 177 Å². The molecule has 1 fully saturated rings. The van der Waals surface area contributed by atoms with Gasteiger partial charge in [0.15, 0.2) is 0 Å². The van der Waals surface area contributed by atoms with Crippen LogP contribution in [0, 0.1) is 5.82 Å². The predicted octanol–water partition coefficient (Wildman–Crippen LogP) is 1.83. The number of aliphatic hydroxyl groups excluding tert-OH is 3. The molecule has 0 saturated carbocycles. The number of hydrogen-bond donors (Lipinski definition) is 18. The largest absolute Gasteiger partial charge is 0.481 e. The number of aromatic nitrogens is 5. The predicted molar refractivity (Wildman–Crippen MR) is 448 cm³/mol. The molecule has 4 aromatic carbocycles. The van der Waals surface area contributed by atoms with Gasteiger partial charge < -0.3 is 99.8 Å². The van der Waals surface area contributed by atoms with E-state index in [1.165, 1.54) is 61.5 Å². The smallest absolute Gasteiger partial charge is 0.305 e. The minimum Gasteiger partial charge on any atom is -0.481 e. The summed E-state index contributed by atoms with van der Waals surface area (Å²) in [4.78, 5) is 197. The number of imidazole rings is 1. The average Bonchev–Trinajstić information content (AvgIpc) is 1.09. The number of H-pyrrole nitrogens is 1. The van der Waals surface area contributed by atoms with E-state index < -0.39 is 193 Å². The molecule has 0 radical (unpaired) electrons. The van der Waals surface area contributed by atoms with E-state index in [0.29, 0.717) is 28.9 Å². The number of aliphatic carboxylic acids is 3. The number of carboxylic acid groups (broad SMARTS) is 3. The molecule has 38 heteroatoms. The third-order valence-electron chi connectivity index (χ3n) is 21.2. The Hall–Kier alpha value is -12.4. The number of unbranched alkanes of at least 4 members (excludes halogenated alkanes) is 12. The first kappa shape index (κ1) is 98.7. The number of likely N-dealkylation sites (tertiary alicyclic amines) is 1. The summed E-state index contributed by atoms with van der Waals surface area (Å²) in [6, 6.07) is 12.9. The molecule has 12 atom stereocenters. The maximum Gasteiger partial charge on any atom is 0.305 e. The Morgan fingerprint density at radius 2 is 1.11 bits per heavy atom. The molecule has 0 spiro atoms. The van der Waals surface area contributed by atoms with Crippen LogP contribution >= 0.6 is 0 Å². The van der Waals surface area contributed by atoms with E-state index >= 15 is 4.39 Å². The van der Waals surface area contributed by atoms with E-state index in [-0.39, 0.29) is 57.1 Å². The molecule has 37 nitrogen and oxygen atoms in total. The Morgan fingerprint density at radius 3 is 1.70 bits per heavy atom. The number of carboxylic acids is 3. The molecule has 6 aromatic rings. The minimum absolute atomic E-state index is 0.0474. The van der Waals surface area contributed by atoms with Crippen LogP contribution in [-0.2, 0) is 99.2 Å². The number of carbonyl (C=O) groups excluding carboxylic acids is 11. The zero-order valence-corrected chi connectivity index (χ0v) is 69.9. The molecule has 0 bridgehead atoms. The molecule has 3 heterocycles. The Bertz CT molecular complexity index is 4540. The first-order valence-corrected chi connectivity index (χ1v) is 41.8. The van der Waals surface area contributed by atoms with Crippen molar-refractivity contribution in [1.82, 2.24) is 77.7 Å². The summed E-state index contributed by atoms with van der Waals surface area (Å²) >= 11 is 0. The second kappa shape index (κ2) is 50.2. The van der Waals surface area contributed by atoms with Gasteiger partial charge in [0.2, 0.25) is 65.0 Å². The van der Waals surface area contributed by atoms with Gasteiger partial charge in [-0.1, -0.05) is 161 Å². The second-order valence-corrected chi connectivity index (χ2v) is 31.4. The zero-order valence-electron chi connectivity index (χ0n) is 69.9. The van der Waals surface area contributed by atoms with Gasteiger partial charge in [0.1, 0.15) is 59.7 Å². The SMILES string of the molecule is C[C@@H](O)[C@H](NC(=O)CNC(=O)[C@H](CCCC(=O)O)NC(=O)[C@@H]1CCCN1C(=O)[C@@H](N)Cc1c[nH]cn1)C(=O)NC(C)(Cc1ccccc1F)C(=O)N[C@H](C(=O)N[C@@H](CO)C(=O)N[C@@H](CC(=O)O)C(=O)N[C@@H](Cc1ccc(-c2ccccc2)cc1)C(=O)N[C@@H](Cc1ccc(-n2cc(CCCCCCCCCCCCCCCC(=O)O)nn2)cc1)C(N)=O)[C@@H](C)O. The standard InChI is InChI=1S/C86H116FN17O20/c1-52(106)74(99-85(124)86(3,46-58-26-20-21-28-62(58)87)100-83(122)75(53(2)107)98-70(108)48-91-77(116)64(29-22-32-72(111)112)93-81(120)69-30-23-41-103(69)84(123)63(88)44-60-47-90-51-92-60)82(121)97-68(50-105)80(119)96-67(45-73(113)114)79(118)95-66(43-54-33-37-57(38-34-54)56-24-16-15-17-25-56)78(117)94-65(76(89)115)42-55-35-39-61(40-36-55)104-49-59(101-102-104)27-18-13-11-9-7-5-4-6-8-10-12-14-19-31-71(109)110/h15-17,20-21,24-26,28,33-40,47,49,51-53,63-69,74-75,105-107H,4-14,18-19,22-23,27,29-32,41-46,48,50,88H2,1-3H3,(H2,89,115)(H,90,92)(H,91,116)(H,93,120)(H,94,117)(H,95,118)(H,96,119)(H,97,121)(H,98,108)(H,99,124)(H,100,122)(H,109,110)(H,111,112)(H,113,114)/t52-,53-,63+,64+,65+,66+,67+,68+,69+,74+,75+,86?/m1/s1. The number of aryl methyl sites for hydroxylation is 1. The fourth-order valence-corrected chi connectivity index (χ4v) is 14.3. The number of aromatic amines is 1. The Labute approximate surface area is 716 Å². The van der Waals surface area contributed by atoms with Gasteiger partial charge in [0.05, 0.1) is 67.4 Å². The summed E-state index contributed by atoms with van der Waals surface area (Å²) in [5.41, 5.74) is 14.1. The van der Waals surface area contributed by atoms with Crippen LogP contribution in [0.2, 0.25) is 0 Å². The van der Waals surface area contributed by atoms with Gasteiger partial charge in [-0.3, -0.25) is 67.1 Å². The van der Waals surface area contributed by atoms with E-state index in [0.717, 1.165) is 101 Å². The lowest BCUT2D eigenvalue weighted by Gasteiger charge is -2.34. The lowest BCUT2D eigenvalue weighted by Crippen LogP contribution is -2.67. The zero-order chi connectivity index (χ0) is 90.4. The maximum atomic E-state index is 15.6. The highest BCUT2D eigenvalue weighted by atomic mass is 19.1. The molecule has 0 aliphatic carbocycles. The number of carbonyl (C=O) groups is 14. The van der Waals surface area contributed by atoms with Crippen molar-refractivity contribution < 1.29 is 102 Å². The summed E-state index contributed by atoms with van der Waals surface area (Å²) in [5.74, 6) is -16.7. The topological polar surface area (TPSA) is 583 Å². The van der Waals surface area contributed by atoms with Crippen LogP contribution in [0.15, 0.2) is 122 Å². The van der Waals surface area contributed by atoms with Crippen LogP contribution < -0.4 is 59.3 Å². The fourth-order valence-electron chi connectivity index (χ4n) is 14.3. The van der Waals surface area contributed by atoms with Crippen LogP contribution in [0.5, 0.6) is 0 Å². The van der Waals surface area contributed by atoms with E-state index in [4.69, 9.17) is 16.6 Å². The molecule has 2 aromatic heterocycles. The van der Waals surface area contributed by atoms with Crippen molar-refractivity contribution in [1.29, 1.82) is 0 Å². The van der Waals surface area contributed by atoms with Crippen LogP contribution in [0.25, 0.3) is 16.8 Å². The molecule has 20 N–H and O–H groups in total. The van der Waals surface area contributed by atoms with Crippen molar-refractivity contribution in [3.8, 4) is 16.8 Å². The lowest BCUT2D eigenvalue weighted by molar-refractivity contribution is -0.142. The molecule has 124 heavy (non-hydrogen) atoms. The maximum absolute atomic E-state index is 15.6. The second-order valence-electron chi connectivity index (χ2n) is 31.4. The Morgan fingerprint density at radius 1 is 0.573 bits per heavy atom. The van der Waals surface area contributed by atoms with Crippen LogP contribution in [-0.4, -0.2) is 235 Å². The van der Waals surface area contributed by atoms with Crippen molar-refractivity contribution in [2.75, 3.05) is 19.7 Å². The van der Waals surface area contributed by atoms with Crippen LogP contribution in [0.3, 0.4) is 0 Å². The van der Waals surface area contributed by atoms with E-state index in [1.54, 1.807) is 59.4 Å². The third kappa shape index (κ3) is 32.4. The van der Waals surface area contributed by atoms with Crippen molar-refractivity contribution >= 4 is 82.9 Å². The number of aliphatic hydroxyl groups is 3. The highest BCUT2D eigenvalue weighted by Gasteiger charge is 2.44. The van der Waals surface area contributed by atoms with Crippen molar-refractivity contribution in [3.63, 3.8) is 0 Å². The van der Waals surface area contributed by atoms with E-state index in [9.17, 15) is 92.7 Å². The van der Waals surface area contributed by atoms with Gasteiger partial charge in [-0.2, -0.15) is 0 Å². The molecule has 7 rings (SSSR count). The molecule has 1 aliphatic heterocycles. The number of halogens is 1. The Kier molecular flexibility index (Phi) is 40.0. The van der Waals surface area contributed by atoms with Crippen molar-refractivity contribution in [3.05, 3.63) is 156 Å². The Balaban J connectivity index is 0.983. The summed E-state index contributed by atoms with van der Waals surface area (Å²) < 4.78 is 17.2. The van der Waals surface area contributed by atoms with Crippen LogP contribution in [0.4, 0.5) is 4.39 Å². The third-order valence-corrected chi connectivity index (χ3v) is 21.2. The van der Waals surface area contributed by atoms with Gasteiger partial charge in [-0.25, -0.2) is 14.1 Å². The van der Waals surface area contributed by atoms with E-state index in [2.05, 4.69) is 68.1 Å². The fraction of sp³-hybridized carbons (Fsp3) is 0.500. The number of rotatable bonds is 55. The number of benzene rings is 4. The molecular weight excluding hydrogens is 1610 g/mol. The summed E-state index contributed by atoms with van der Waals surface area (Å²) in [7, 11) is 0. The number of hydrogen-bond acceptors (Lipinski definition) is 21. The number of nitrogens with zero attached hydrogens (tertiary/aromatic N) is 5. The molecular formula is C86H116FN17O20. The minimum atomic E-state index is -2.42. The van der Waals surface area contributed by atoms with E-state index in [1.807, 2.05) is 36.5 Å². The highest BCUT2D eigenvalue weighted by molar-refractivity contribution is 6.00. The van der Waals surface area contributed by atoms with Gasteiger partial charge in [-0.15, -0.1) is 5.10 Å². The van der Waals surface area contributed by atoms with Gasteiger partial charge in [0.25, 0.3) is 0 Å². The highest BCUT2D eigenvalue weighted by Crippen LogP contribution is 2.25. The summed E-state index contributed by atoms with van der Waals surface area (Å²) in [5, 5.41) is 90.8. The van der Waals surface area contributed by atoms with Gasteiger partial charge >= 0.3 is 17.9 Å². The summed E-state index contributed by atoms with van der Waals surface area (Å²) in [6.45, 7) is 1.04. The number of nitrogens with one attached hydrogen (secondary N) is 10. The molecule has 1 aliphatic rings. The summed E-state index contributed by atoms with van der Waals surface area (Å²) in [6.07, 6.45) is 13.6. The molecule has 11 amide bonds. The van der Waals surface area contributed by atoms with Crippen molar-refractivity contribution in [2.24, 2.45) is 11.5 Å². The monoisotopic (exact) mass is 1730 g/mol. The van der Waals surface area contributed by atoms with Gasteiger partial charge in [0, 0.05) is 51.3 Å². The number of nitrogens with two attached hydrogens (primary N) is 2. The quantitative estimate of drug-likeness (QED) is 0.0242.